The van der Waals surface area contributed by atoms with Gasteiger partial charge < -0.3 is 10.1 Å². The number of nitrogens with one attached hydrogen (secondary N) is 1. The molecule has 0 aliphatic carbocycles. The van der Waals surface area contributed by atoms with Crippen LogP contribution in [0.2, 0.25) is 0 Å². The van der Waals surface area contributed by atoms with Crippen LogP contribution < -0.4 is 10.1 Å². The van der Waals surface area contributed by atoms with Crippen molar-refractivity contribution < 1.29 is 4.74 Å². The molecule has 0 heterocycles. The number of benzene rings is 1. The molecule has 1 atom stereocenters. The Morgan fingerprint density at radius 2 is 1.84 bits per heavy atom. The van der Waals surface area contributed by atoms with Crippen molar-refractivity contribution in [1.29, 1.82) is 5.26 Å². The molecule has 0 saturated carbocycles. The van der Waals surface area contributed by atoms with Crippen molar-refractivity contribution in [3.63, 3.8) is 0 Å². The van der Waals surface area contributed by atoms with Gasteiger partial charge in [-0.2, -0.15) is 5.26 Å². The van der Waals surface area contributed by atoms with Crippen LogP contribution in [0.4, 0.5) is 0 Å². The zero-order chi connectivity index (χ0) is 14.8. The third-order valence-electron chi connectivity index (χ3n) is 3.88. The third kappa shape index (κ3) is 2.74. The zero-order valence-corrected chi connectivity index (χ0v) is 13.0. The summed E-state index contributed by atoms with van der Waals surface area (Å²) < 4.78 is 5.45. The molecule has 0 radical (unpaired) electrons. The van der Waals surface area contributed by atoms with Crippen molar-refractivity contribution in [2.45, 2.75) is 40.7 Å². The first-order valence-corrected chi connectivity index (χ1v) is 6.53. The molecule has 1 aromatic carbocycles. The number of hydrogen-bond donors (Lipinski definition) is 1. The van der Waals surface area contributed by atoms with E-state index in [1.807, 2.05) is 27.8 Å². The van der Waals surface area contributed by atoms with Crippen LogP contribution in [-0.4, -0.2) is 14.2 Å². The minimum atomic E-state index is -0.465. The monoisotopic (exact) mass is 260 g/mol. The molecule has 0 saturated heterocycles. The van der Waals surface area contributed by atoms with E-state index in [0.717, 1.165) is 16.9 Å². The number of nitriles is 1. The highest BCUT2D eigenvalue weighted by molar-refractivity contribution is 5.50. The normalized spacial score (nSPS) is 12.9. The maximum atomic E-state index is 9.37. The predicted octanol–water partition coefficient (Wildman–Crippen LogP) is 3.43. The molecule has 0 bridgehead atoms. The Bertz CT molecular complexity index is 512. The number of hydrogen-bond acceptors (Lipinski definition) is 3. The Morgan fingerprint density at radius 3 is 2.26 bits per heavy atom. The lowest BCUT2D eigenvalue weighted by molar-refractivity contribution is 0.341. The van der Waals surface area contributed by atoms with Crippen LogP contribution in [0.15, 0.2) is 6.07 Å². The van der Waals surface area contributed by atoms with Gasteiger partial charge >= 0.3 is 0 Å². The lowest BCUT2D eigenvalue weighted by atomic mass is 9.79. The second-order valence-electron chi connectivity index (χ2n) is 5.62. The smallest absolute Gasteiger partial charge is 0.124 e. The van der Waals surface area contributed by atoms with Crippen LogP contribution in [0.5, 0.6) is 5.75 Å². The van der Waals surface area contributed by atoms with Gasteiger partial charge in [0.15, 0.2) is 0 Å². The second-order valence-corrected chi connectivity index (χ2v) is 5.62. The van der Waals surface area contributed by atoms with E-state index in [1.54, 1.807) is 7.11 Å². The van der Waals surface area contributed by atoms with Crippen molar-refractivity contribution >= 4 is 0 Å². The molecule has 19 heavy (non-hydrogen) atoms. The van der Waals surface area contributed by atoms with Crippen molar-refractivity contribution in [3.05, 3.63) is 28.3 Å². The van der Waals surface area contributed by atoms with Gasteiger partial charge in [0, 0.05) is 0 Å². The van der Waals surface area contributed by atoms with Crippen molar-refractivity contribution in [1.82, 2.24) is 5.32 Å². The Kier molecular flexibility index (Phi) is 4.60. The molecule has 0 amide bonds. The fourth-order valence-electron chi connectivity index (χ4n) is 2.67. The van der Waals surface area contributed by atoms with E-state index in [2.05, 4.69) is 31.3 Å². The fraction of sp³-hybridized carbons (Fsp3) is 0.562. The van der Waals surface area contributed by atoms with E-state index in [-0.39, 0.29) is 6.04 Å². The highest BCUT2D eigenvalue weighted by Gasteiger charge is 2.31. The molecular formula is C16H24N2O. The summed E-state index contributed by atoms with van der Waals surface area (Å²) >= 11 is 0. The molecule has 0 aromatic heterocycles. The van der Waals surface area contributed by atoms with Gasteiger partial charge in [0.2, 0.25) is 0 Å². The first kappa shape index (κ1) is 15.5. The Hall–Kier alpha value is -1.53. The maximum absolute atomic E-state index is 9.37. The van der Waals surface area contributed by atoms with Crippen LogP contribution in [0.1, 0.15) is 42.1 Å². The average Bonchev–Trinajstić information content (AvgIpc) is 2.36. The van der Waals surface area contributed by atoms with Crippen LogP contribution in [0.25, 0.3) is 0 Å². The molecule has 3 nitrogen and oxygen atoms in total. The van der Waals surface area contributed by atoms with Crippen LogP contribution in [-0.2, 0) is 0 Å². The summed E-state index contributed by atoms with van der Waals surface area (Å²) in [4.78, 5) is 0. The van der Waals surface area contributed by atoms with Crippen molar-refractivity contribution in [2.24, 2.45) is 5.41 Å². The topological polar surface area (TPSA) is 45.0 Å². The van der Waals surface area contributed by atoms with Crippen LogP contribution in [0.3, 0.4) is 0 Å². The molecule has 1 aromatic rings. The van der Waals surface area contributed by atoms with E-state index in [9.17, 15) is 5.26 Å². The molecule has 0 aliphatic heterocycles. The molecular weight excluding hydrogens is 236 g/mol. The van der Waals surface area contributed by atoms with Gasteiger partial charge in [0.05, 0.1) is 24.6 Å². The van der Waals surface area contributed by atoms with Gasteiger partial charge in [-0.15, -0.1) is 0 Å². The first-order valence-electron chi connectivity index (χ1n) is 6.53. The molecule has 1 N–H and O–H groups in total. The Morgan fingerprint density at radius 1 is 1.26 bits per heavy atom. The number of aryl methyl sites for hydroxylation is 1. The van der Waals surface area contributed by atoms with Gasteiger partial charge in [-0.05, 0) is 63.9 Å². The van der Waals surface area contributed by atoms with E-state index in [1.165, 1.54) is 11.1 Å². The fourth-order valence-corrected chi connectivity index (χ4v) is 2.67. The average molecular weight is 260 g/mol. The predicted molar refractivity (Wildman–Crippen MR) is 78.4 cm³/mol. The maximum Gasteiger partial charge on any atom is 0.124 e. The van der Waals surface area contributed by atoms with E-state index in [4.69, 9.17) is 4.74 Å². The van der Waals surface area contributed by atoms with E-state index < -0.39 is 5.41 Å². The van der Waals surface area contributed by atoms with Crippen molar-refractivity contribution in [2.75, 3.05) is 14.2 Å². The molecule has 0 aliphatic rings. The van der Waals surface area contributed by atoms with E-state index in [0.29, 0.717) is 0 Å². The SMILES string of the molecule is CNC(c1cc(C)c(OC)c(C)c1C)C(C)(C)C#N. The van der Waals surface area contributed by atoms with Crippen molar-refractivity contribution in [3.8, 4) is 11.8 Å². The number of ether oxygens (including phenoxy) is 1. The lowest BCUT2D eigenvalue weighted by Crippen LogP contribution is -2.31. The van der Waals surface area contributed by atoms with Gasteiger partial charge in [0.1, 0.15) is 5.75 Å². The van der Waals surface area contributed by atoms with E-state index >= 15 is 0 Å². The van der Waals surface area contributed by atoms with Gasteiger partial charge in [-0.3, -0.25) is 0 Å². The standard InChI is InChI=1S/C16H24N2O/c1-10-8-13(11(2)12(3)14(10)19-7)15(18-6)16(4,5)9-17/h8,15,18H,1-7H3. The molecule has 1 rings (SSSR count). The third-order valence-corrected chi connectivity index (χ3v) is 3.88. The summed E-state index contributed by atoms with van der Waals surface area (Å²) in [7, 11) is 3.60. The summed E-state index contributed by atoms with van der Waals surface area (Å²) in [6.45, 7) is 10.1. The molecule has 104 valence electrons. The lowest BCUT2D eigenvalue weighted by Gasteiger charge is -2.30. The van der Waals surface area contributed by atoms with Gasteiger partial charge in [-0.25, -0.2) is 0 Å². The highest BCUT2D eigenvalue weighted by Crippen LogP contribution is 2.38. The molecule has 0 fully saturated rings. The quantitative estimate of drug-likeness (QED) is 0.902. The van der Waals surface area contributed by atoms with Crippen LogP contribution in [0, 0.1) is 37.5 Å². The Labute approximate surface area is 116 Å². The highest BCUT2D eigenvalue weighted by atomic mass is 16.5. The molecule has 3 heteroatoms. The van der Waals surface area contributed by atoms with Gasteiger partial charge in [0.25, 0.3) is 0 Å². The first-order chi connectivity index (χ1) is 8.80. The molecule has 0 spiro atoms. The minimum absolute atomic E-state index is 0.000746. The summed E-state index contributed by atoms with van der Waals surface area (Å²) in [6, 6.07) is 4.52. The summed E-state index contributed by atoms with van der Waals surface area (Å²) in [5, 5.41) is 12.7. The molecule has 1 unspecified atom stereocenters. The summed E-state index contributed by atoms with van der Waals surface area (Å²) in [5.74, 6) is 0.936. The zero-order valence-electron chi connectivity index (χ0n) is 13.0. The number of methoxy groups -OCH3 is 1. The Balaban J connectivity index is 3.48. The number of nitrogens with zero attached hydrogens (tertiary/aromatic N) is 1. The summed E-state index contributed by atoms with van der Waals surface area (Å²) in [6.07, 6.45) is 0. The van der Waals surface area contributed by atoms with Gasteiger partial charge in [-0.1, -0.05) is 6.07 Å². The largest absolute Gasteiger partial charge is 0.496 e. The second kappa shape index (κ2) is 5.63. The summed E-state index contributed by atoms with van der Waals surface area (Å²) in [5.41, 5.74) is 4.14. The van der Waals surface area contributed by atoms with Crippen LogP contribution >= 0.6 is 0 Å². The minimum Gasteiger partial charge on any atom is -0.496 e. The number of rotatable bonds is 4.